The van der Waals surface area contributed by atoms with Crippen LogP contribution in [0.3, 0.4) is 0 Å². The zero-order valence-electron chi connectivity index (χ0n) is 11.2. The van der Waals surface area contributed by atoms with Crippen molar-refractivity contribution in [1.82, 2.24) is 0 Å². The van der Waals surface area contributed by atoms with Gasteiger partial charge in [0.2, 0.25) is 0 Å². The molecule has 1 aliphatic rings. The van der Waals surface area contributed by atoms with E-state index in [1.54, 1.807) is 0 Å². The first kappa shape index (κ1) is 13.6. The van der Waals surface area contributed by atoms with Crippen LogP contribution in [-0.2, 0) is 6.42 Å². The summed E-state index contributed by atoms with van der Waals surface area (Å²) in [4.78, 5) is 13.8. The SMILES string of the molecule is CC(C)(CCN)C(=O)c1ccc2c(c1)CCCS2. The molecule has 0 aliphatic carbocycles. The van der Waals surface area contributed by atoms with Gasteiger partial charge in [0.15, 0.2) is 5.78 Å². The Morgan fingerprint density at radius 2 is 2.22 bits per heavy atom. The van der Waals surface area contributed by atoms with Gasteiger partial charge in [0.05, 0.1) is 0 Å². The van der Waals surface area contributed by atoms with Crippen molar-refractivity contribution >= 4 is 17.5 Å². The Labute approximate surface area is 113 Å². The van der Waals surface area contributed by atoms with Crippen molar-refractivity contribution in [3.63, 3.8) is 0 Å². The maximum absolute atomic E-state index is 12.5. The average Bonchev–Trinajstić information content (AvgIpc) is 2.37. The topological polar surface area (TPSA) is 43.1 Å². The Balaban J connectivity index is 2.26. The molecule has 2 nitrogen and oxygen atoms in total. The first-order valence-electron chi connectivity index (χ1n) is 6.55. The third-order valence-corrected chi connectivity index (χ3v) is 4.76. The molecule has 1 heterocycles. The smallest absolute Gasteiger partial charge is 0.168 e. The zero-order chi connectivity index (χ0) is 13.2. The highest BCUT2D eigenvalue weighted by atomic mass is 32.2. The molecule has 0 saturated heterocycles. The van der Waals surface area contributed by atoms with E-state index in [4.69, 9.17) is 5.73 Å². The number of thioether (sulfide) groups is 1. The lowest BCUT2D eigenvalue weighted by atomic mass is 9.81. The Morgan fingerprint density at radius 3 is 2.94 bits per heavy atom. The number of fused-ring (bicyclic) bond motifs is 1. The van der Waals surface area contributed by atoms with Crippen LogP contribution in [0.5, 0.6) is 0 Å². The van der Waals surface area contributed by atoms with E-state index in [9.17, 15) is 4.79 Å². The summed E-state index contributed by atoms with van der Waals surface area (Å²) in [5, 5.41) is 0. The van der Waals surface area contributed by atoms with Gasteiger partial charge in [-0.1, -0.05) is 19.9 Å². The fourth-order valence-corrected chi connectivity index (χ4v) is 3.39. The summed E-state index contributed by atoms with van der Waals surface area (Å²) in [5.41, 5.74) is 7.41. The van der Waals surface area contributed by atoms with Gasteiger partial charge in [0.1, 0.15) is 0 Å². The third-order valence-electron chi connectivity index (χ3n) is 3.55. The minimum atomic E-state index is -0.356. The second kappa shape index (κ2) is 5.45. The molecule has 1 aliphatic heterocycles. The maximum atomic E-state index is 12.5. The van der Waals surface area contributed by atoms with Crippen molar-refractivity contribution < 1.29 is 4.79 Å². The monoisotopic (exact) mass is 263 g/mol. The Kier molecular flexibility index (Phi) is 4.13. The molecule has 0 radical (unpaired) electrons. The number of nitrogens with two attached hydrogens (primary N) is 1. The molecular formula is C15H21NOS. The molecule has 1 aromatic carbocycles. The maximum Gasteiger partial charge on any atom is 0.168 e. The van der Waals surface area contributed by atoms with Crippen LogP contribution in [0.15, 0.2) is 23.1 Å². The summed E-state index contributed by atoms with van der Waals surface area (Å²) in [6.45, 7) is 4.52. The molecule has 0 saturated carbocycles. The molecule has 0 amide bonds. The molecule has 2 N–H and O–H groups in total. The lowest BCUT2D eigenvalue weighted by molar-refractivity contribution is 0.0829. The number of hydrogen-bond donors (Lipinski definition) is 1. The first-order chi connectivity index (χ1) is 8.54. The number of ketones is 1. The molecule has 98 valence electrons. The highest BCUT2D eigenvalue weighted by Crippen LogP contribution is 2.32. The number of aryl methyl sites for hydroxylation is 1. The van der Waals surface area contributed by atoms with E-state index in [0.29, 0.717) is 6.54 Å². The summed E-state index contributed by atoms with van der Waals surface area (Å²) < 4.78 is 0. The minimum absolute atomic E-state index is 0.214. The summed E-state index contributed by atoms with van der Waals surface area (Å²) in [5.74, 6) is 1.41. The van der Waals surface area contributed by atoms with Gasteiger partial charge in [-0.3, -0.25) is 4.79 Å². The Hall–Kier alpha value is -0.800. The number of Topliss-reactive ketones (excluding diaryl/α,β-unsaturated/α-hetero) is 1. The molecule has 0 spiro atoms. The highest BCUT2D eigenvalue weighted by molar-refractivity contribution is 7.99. The summed E-state index contributed by atoms with van der Waals surface area (Å²) >= 11 is 1.90. The van der Waals surface area contributed by atoms with Crippen LogP contribution < -0.4 is 5.73 Å². The van der Waals surface area contributed by atoms with Crippen molar-refractivity contribution in [1.29, 1.82) is 0 Å². The van der Waals surface area contributed by atoms with Gasteiger partial charge >= 0.3 is 0 Å². The molecule has 2 rings (SSSR count). The number of hydrogen-bond acceptors (Lipinski definition) is 3. The van der Waals surface area contributed by atoms with E-state index in [1.165, 1.54) is 22.6 Å². The Bertz CT molecular complexity index is 454. The molecule has 0 bridgehead atoms. The number of benzene rings is 1. The zero-order valence-corrected chi connectivity index (χ0v) is 12.0. The first-order valence-corrected chi connectivity index (χ1v) is 7.54. The molecule has 0 fully saturated rings. The number of carbonyl (C=O) groups is 1. The van der Waals surface area contributed by atoms with E-state index >= 15 is 0 Å². The van der Waals surface area contributed by atoms with Crippen LogP contribution in [0.1, 0.15) is 42.6 Å². The van der Waals surface area contributed by atoms with Gasteiger partial charge in [-0.2, -0.15) is 0 Å². The predicted octanol–water partition coefficient (Wildman–Crippen LogP) is 3.28. The van der Waals surface area contributed by atoms with Gasteiger partial charge in [-0.05, 0) is 49.3 Å². The summed E-state index contributed by atoms with van der Waals surface area (Å²) in [6.07, 6.45) is 3.04. The van der Waals surface area contributed by atoms with E-state index in [0.717, 1.165) is 18.4 Å². The van der Waals surface area contributed by atoms with E-state index in [-0.39, 0.29) is 11.2 Å². The third kappa shape index (κ3) is 2.78. The average molecular weight is 263 g/mol. The quantitative estimate of drug-likeness (QED) is 0.848. The van der Waals surface area contributed by atoms with E-state index in [2.05, 4.69) is 12.1 Å². The van der Waals surface area contributed by atoms with Crippen LogP contribution >= 0.6 is 11.8 Å². The van der Waals surface area contributed by atoms with Crippen LogP contribution in [0, 0.1) is 5.41 Å². The second-order valence-corrected chi connectivity index (χ2v) is 6.66. The van der Waals surface area contributed by atoms with Crippen molar-refractivity contribution in [2.75, 3.05) is 12.3 Å². The fraction of sp³-hybridized carbons (Fsp3) is 0.533. The number of rotatable bonds is 4. The van der Waals surface area contributed by atoms with Crippen molar-refractivity contribution in [3.05, 3.63) is 29.3 Å². The molecule has 0 aromatic heterocycles. The number of carbonyl (C=O) groups excluding carboxylic acids is 1. The molecular weight excluding hydrogens is 242 g/mol. The van der Waals surface area contributed by atoms with E-state index < -0.39 is 0 Å². The largest absolute Gasteiger partial charge is 0.330 e. The van der Waals surface area contributed by atoms with Gasteiger partial charge in [0.25, 0.3) is 0 Å². The minimum Gasteiger partial charge on any atom is -0.330 e. The Morgan fingerprint density at radius 1 is 1.44 bits per heavy atom. The standard InChI is InChI=1S/C15H21NOS/c1-15(2,7-8-16)14(17)12-5-6-13-11(10-12)4-3-9-18-13/h5-6,10H,3-4,7-9,16H2,1-2H3. The lowest BCUT2D eigenvalue weighted by Crippen LogP contribution is -2.27. The van der Waals surface area contributed by atoms with Gasteiger partial charge in [0, 0.05) is 15.9 Å². The van der Waals surface area contributed by atoms with Crippen molar-refractivity contribution in [3.8, 4) is 0 Å². The summed E-state index contributed by atoms with van der Waals surface area (Å²) in [7, 11) is 0. The highest BCUT2D eigenvalue weighted by Gasteiger charge is 2.28. The predicted molar refractivity (Wildman–Crippen MR) is 77.3 cm³/mol. The molecule has 0 unspecified atom stereocenters. The fourth-order valence-electron chi connectivity index (χ4n) is 2.37. The van der Waals surface area contributed by atoms with Gasteiger partial charge in [-0.25, -0.2) is 0 Å². The molecule has 0 atom stereocenters. The summed E-state index contributed by atoms with van der Waals surface area (Å²) in [6, 6.07) is 6.16. The van der Waals surface area contributed by atoms with Crippen LogP contribution in [0.4, 0.5) is 0 Å². The van der Waals surface area contributed by atoms with Crippen LogP contribution in [0.25, 0.3) is 0 Å². The van der Waals surface area contributed by atoms with Crippen LogP contribution in [0.2, 0.25) is 0 Å². The molecule has 3 heteroatoms. The van der Waals surface area contributed by atoms with Gasteiger partial charge in [-0.15, -0.1) is 11.8 Å². The normalized spacial score (nSPS) is 15.3. The lowest BCUT2D eigenvalue weighted by Gasteiger charge is -2.23. The van der Waals surface area contributed by atoms with Crippen molar-refractivity contribution in [2.45, 2.75) is 38.0 Å². The van der Waals surface area contributed by atoms with E-state index in [1.807, 2.05) is 31.7 Å². The van der Waals surface area contributed by atoms with Gasteiger partial charge < -0.3 is 5.73 Å². The van der Waals surface area contributed by atoms with Crippen LogP contribution in [-0.4, -0.2) is 18.1 Å². The van der Waals surface area contributed by atoms with Crippen molar-refractivity contribution in [2.24, 2.45) is 11.1 Å². The molecule has 18 heavy (non-hydrogen) atoms. The molecule has 1 aromatic rings. The second-order valence-electron chi connectivity index (χ2n) is 5.53.